The molecule has 3 N–H and O–H groups in total. The van der Waals surface area contributed by atoms with E-state index in [4.69, 9.17) is 10.1 Å². The van der Waals surface area contributed by atoms with Crippen LogP contribution in [0.15, 0.2) is 48.5 Å². The molecule has 0 saturated heterocycles. The highest BCUT2D eigenvalue weighted by atomic mass is 16.4. The van der Waals surface area contributed by atoms with E-state index in [1.165, 1.54) is 0 Å². The van der Waals surface area contributed by atoms with E-state index in [-0.39, 0.29) is 6.54 Å². The number of para-hydroxylation sites is 2. The van der Waals surface area contributed by atoms with Crippen LogP contribution in [0.3, 0.4) is 0 Å². The Kier molecular flexibility index (Phi) is 4.68. The summed E-state index contributed by atoms with van der Waals surface area (Å²) in [5, 5.41) is 17.2. The second-order valence-corrected chi connectivity index (χ2v) is 5.37. The van der Waals surface area contributed by atoms with Gasteiger partial charge in [0.1, 0.15) is 0 Å². The summed E-state index contributed by atoms with van der Waals surface area (Å²) in [5.41, 5.74) is 3.03. The Morgan fingerprint density at radius 2 is 1.57 bits per heavy atom. The molecule has 23 heavy (non-hydrogen) atoms. The summed E-state index contributed by atoms with van der Waals surface area (Å²) >= 11 is 0. The smallest absolute Gasteiger partial charge is 0.317 e. The van der Waals surface area contributed by atoms with Crippen molar-refractivity contribution in [2.24, 2.45) is 0 Å². The summed E-state index contributed by atoms with van der Waals surface area (Å²) in [5.74, 6) is -0.830. The fourth-order valence-electron chi connectivity index (χ4n) is 2.65. The fourth-order valence-corrected chi connectivity index (χ4v) is 2.65. The van der Waals surface area contributed by atoms with Crippen molar-refractivity contribution in [1.82, 2.24) is 10.3 Å². The molecule has 0 aliphatic carbocycles. The monoisotopic (exact) mass is 309 g/mol. The van der Waals surface area contributed by atoms with Crippen molar-refractivity contribution in [1.29, 1.82) is 0 Å². The molecule has 1 heterocycles. The van der Waals surface area contributed by atoms with Crippen molar-refractivity contribution in [2.45, 2.75) is 6.42 Å². The molecule has 3 aromatic rings. The van der Waals surface area contributed by atoms with Crippen molar-refractivity contribution in [2.75, 3.05) is 25.0 Å². The molecule has 0 atom stereocenters. The number of aromatic nitrogens is 1. The van der Waals surface area contributed by atoms with Crippen molar-refractivity contribution in [3.05, 3.63) is 48.5 Å². The number of benzene rings is 2. The molecule has 2 aromatic carbocycles. The Hall–Kier alpha value is -2.66. The second kappa shape index (κ2) is 7.07. The number of hydrogen-bond donors (Lipinski definition) is 3. The molecule has 0 bridgehead atoms. The SMILES string of the molecule is O=C(O)CNCCCNc1c2ccccc2nc2ccccc12. The molecule has 5 heteroatoms. The summed E-state index contributed by atoms with van der Waals surface area (Å²) in [4.78, 5) is 15.2. The molecule has 0 fully saturated rings. The number of carboxylic acids is 1. The van der Waals surface area contributed by atoms with Gasteiger partial charge in [-0.3, -0.25) is 4.79 Å². The van der Waals surface area contributed by atoms with E-state index in [1.54, 1.807) is 0 Å². The Labute approximate surface area is 134 Å². The maximum absolute atomic E-state index is 10.5. The number of carboxylic acid groups (broad SMARTS) is 1. The normalized spacial score (nSPS) is 11.0. The number of anilines is 1. The van der Waals surface area contributed by atoms with Gasteiger partial charge < -0.3 is 15.7 Å². The zero-order valence-electron chi connectivity index (χ0n) is 12.7. The van der Waals surface area contributed by atoms with Gasteiger partial charge in [0.05, 0.1) is 23.3 Å². The lowest BCUT2D eigenvalue weighted by Gasteiger charge is -2.13. The van der Waals surface area contributed by atoms with Crippen molar-refractivity contribution >= 4 is 33.5 Å². The summed E-state index contributed by atoms with van der Waals surface area (Å²) in [6.45, 7) is 1.44. The molecule has 3 rings (SSSR count). The molecular weight excluding hydrogens is 290 g/mol. The van der Waals surface area contributed by atoms with Gasteiger partial charge in [0.2, 0.25) is 0 Å². The summed E-state index contributed by atoms with van der Waals surface area (Å²) < 4.78 is 0. The number of rotatable bonds is 7. The lowest BCUT2D eigenvalue weighted by Crippen LogP contribution is -2.24. The number of nitrogens with zero attached hydrogens (tertiary/aromatic N) is 1. The first-order valence-electron chi connectivity index (χ1n) is 7.69. The van der Waals surface area contributed by atoms with Gasteiger partial charge in [-0.15, -0.1) is 0 Å². The van der Waals surface area contributed by atoms with Gasteiger partial charge in [-0.05, 0) is 25.1 Å². The predicted molar refractivity (Wildman–Crippen MR) is 92.9 cm³/mol. The van der Waals surface area contributed by atoms with Gasteiger partial charge in [0, 0.05) is 17.3 Å². The molecule has 0 amide bonds. The molecule has 1 aromatic heterocycles. The number of hydrogen-bond acceptors (Lipinski definition) is 4. The van der Waals surface area contributed by atoms with Crippen LogP contribution in [0, 0.1) is 0 Å². The third-order valence-corrected chi connectivity index (χ3v) is 3.70. The van der Waals surface area contributed by atoms with Gasteiger partial charge in [-0.2, -0.15) is 0 Å². The Bertz CT molecular complexity index is 779. The van der Waals surface area contributed by atoms with E-state index >= 15 is 0 Å². The third kappa shape index (κ3) is 3.57. The zero-order chi connectivity index (χ0) is 16.1. The number of nitrogens with one attached hydrogen (secondary N) is 2. The molecule has 0 aliphatic rings. The predicted octanol–water partition coefficient (Wildman–Crippen LogP) is 2.86. The maximum atomic E-state index is 10.5. The van der Waals surface area contributed by atoms with E-state index in [0.717, 1.165) is 40.5 Å². The van der Waals surface area contributed by atoms with E-state index in [1.807, 2.05) is 36.4 Å². The van der Waals surface area contributed by atoms with Gasteiger partial charge >= 0.3 is 5.97 Å². The highest BCUT2D eigenvalue weighted by Crippen LogP contribution is 2.30. The first kappa shape index (κ1) is 15.2. The van der Waals surface area contributed by atoms with Crippen LogP contribution < -0.4 is 10.6 Å². The quantitative estimate of drug-likeness (QED) is 0.462. The molecule has 0 unspecified atom stereocenters. The third-order valence-electron chi connectivity index (χ3n) is 3.70. The molecule has 118 valence electrons. The summed E-state index contributed by atoms with van der Waals surface area (Å²) in [6, 6.07) is 16.2. The molecule has 0 aliphatic heterocycles. The molecule has 5 nitrogen and oxygen atoms in total. The number of aliphatic carboxylic acids is 1. The van der Waals surface area contributed by atoms with Crippen LogP contribution in [0.1, 0.15) is 6.42 Å². The Morgan fingerprint density at radius 3 is 2.17 bits per heavy atom. The average molecular weight is 309 g/mol. The van der Waals surface area contributed by atoms with Crippen LogP contribution in [0.2, 0.25) is 0 Å². The largest absolute Gasteiger partial charge is 0.480 e. The maximum Gasteiger partial charge on any atom is 0.317 e. The van der Waals surface area contributed by atoms with Gasteiger partial charge in [0.25, 0.3) is 0 Å². The van der Waals surface area contributed by atoms with E-state index in [2.05, 4.69) is 22.8 Å². The summed E-state index contributed by atoms with van der Waals surface area (Å²) in [7, 11) is 0. The zero-order valence-corrected chi connectivity index (χ0v) is 12.7. The first-order valence-corrected chi connectivity index (χ1v) is 7.69. The van der Waals surface area contributed by atoms with E-state index < -0.39 is 5.97 Å². The van der Waals surface area contributed by atoms with Gasteiger partial charge in [-0.1, -0.05) is 36.4 Å². The fraction of sp³-hybridized carbons (Fsp3) is 0.222. The molecule has 0 radical (unpaired) electrons. The molecule has 0 spiro atoms. The van der Waals surface area contributed by atoms with Crippen LogP contribution in [0.4, 0.5) is 5.69 Å². The van der Waals surface area contributed by atoms with Crippen molar-refractivity contribution in [3.63, 3.8) is 0 Å². The molecule has 0 saturated carbocycles. The minimum atomic E-state index is -0.830. The lowest BCUT2D eigenvalue weighted by molar-refractivity contribution is -0.135. The Morgan fingerprint density at radius 1 is 0.957 bits per heavy atom. The van der Waals surface area contributed by atoms with Crippen molar-refractivity contribution in [3.8, 4) is 0 Å². The van der Waals surface area contributed by atoms with Crippen LogP contribution in [0.25, 0.3) is 21.8 Å². The van der Waals surface area contributed by atoms with Crippen LogP contribution in [-0.2, 0) is 4.79 Å². The van der Waals surface area contributed by atoms with Gasteiger partial charge in [0.15, 0.2) is 0 Å². The summed E-state index contributed by atoms with van der Waals surface area (Å²) in [6.07, 6.45) is 0.845. The minimum absolute atomic E-state index is 0.00111. The topological polar surface area (TPSA) is 74.2 Å². The van der Waals surface area contributed by atoms with Crippen LogP contribution >= 0.6 is 0 Å². The van der Waals surface area contributed by atoms with E-state index in [9.17, 15) is 4.79 Å². The van der Waals surface area contributed by atoms with Crippen molar-refractivity contribution < 1.29 is 9.90 Å². The van der Waals surface area contributed by atoms with E-state index in [0.29, 0.717) is 6.54 Å². The Balaban J connectivity index is 1.79. The second-order valence-electron chi connectivity index (χ2n) is 5.37. The van der Waals surface area contributed by atoms with Crippen LogP contribution in [-0.4, -0.2) is 35.7 Å². The average Bonchev–Trinajstić information content (AvgIpc) is 2.56. The number of carbonyl (C=O) groups is 1. The highest BCUT2D eigenvalue weighted by Gasteiger charge is 2.07. The lowest BCUT2D eigenvalue weighted by atomic mass is 10.1. The number of fused-ring (bicyclic) bond motifs is 2. The van der Waals surface area contributed by atoms with Crippen LogP contribution in [0.5, 0.6) is 0 Å². The standard InChI is InChI=1S/C18H19N3O2/c22-17(23)12-19-10-5-11-20-18-13-6-1-3-8-15(13)21-16-9-4-2-7-14(16)18/h1-4,6-9,19H,5,10-12H2,(H,20,21)(H,22,23). The minimum Gasteiger partial charge on any atom is -0.480 e. The number of pyridine rings is 1. The first-order chi connectivity index (χ1) is 11.3. The molecular formula is C18H19N3O2. The highest BCUT2D eigenvalue weighted by molar-refractivity contribution is 6.07. The van der Waals surface area contributed by atoms with Gasteiger partial charge in [-0.25, -0.2) is 4.98 Å².